The van der Waals surface area contributed by atoms with Crippen molar-refractivity contribution < 1.29 is 0 Å². The van der Waals surface area contributed by atoms with Gasteiger partial charge in [0.05, 0.1) is 0 Å². The Kier molecular flexibility index (Phi) is 10.4. The molecule has 1 nitrogen and oxygen atoms in total. The van der Waals surface area contributed by atoms with Gasteiger partial charge in [0.2, 0.25) is 0 Å². The van der Waals surface area contributed by atoms with Gasteiger partial charge in [-0.15, -0.1) is 0 Å². The van der Waals surface area contributed by atoms with Crippen molar-refractivity contribution in [2.24, 2.45) is 5.92 Å². The van der Waals surface area contributed by atoms with Crippen LogP contribution >= 0.6 is 0 Å². The number of hydrogen-bond acceptors (Lipinski definition) is 1. The molecule has 0 spiro atoms. The van der Waals surface area contributed by atoms with Crippen molar-refractivity contribution in [3.63, 3.8) is 0 Å². The molecule has 0 aromatic rings. The average molecular weight is 253 g/mol. The Bertz CT molecular complexity index is 210. The molecule has 0 radical (unpaired) electrons. The first kappa shape index (κ1) is 17.7. The van der Waals surface area contributed by atoms with E-state index in [9.17, 15) is 0 Å². The van der Waals surface area contributed by atoms with E-state index in [4.69, 9.17) is 0 Å². The van der Waals surface area contributed by atoms with Crippen molar-refractivity contribution >= 4 is 0 Å². The number of rotatable bonds is 6. The number of allylic oxidation sites excluding steroid dienone is 1. The highest BCUT2D eigenvalue weighted by Gasteiger charge is 2.23. The highest BCUT2D eigenvalue weighted by Crippen LogP contribution is 2.29. The van der Waals surface area contributed by atoms with Crippen LogP contribution in [0.4, 0.5) is 0 Å². The molecule has 3 atom stereocenters. The molecule has 1 aliphatic carbocycles. The van der Waals surface area contributed by atoms with Crippen LogP contribution in [0.25, 0.3) is 0 Å². The van der Waals surface area contributed by atoms with Gasteiger partial charge >= 0.3 is 0 Å². The zero-order valence-electron chi connectivity index (χ0n) is 13.4. The van der Waals surface area contributed by atoms with E-state index >= 15 is 0 Å². The zero-order valence-corrected chi connectivity index (χ0v) is 13.4. The molecule has 0 aromatic heterocycles. The van der Waals surface area contributed by atoms with Gasteiger partial charge in [-0.1, -0.05) is 52.7 Å². The van der Waals surface area contributed by atoms with Gasteiger partial charge in [-0.3, -0.25) is 0 Å². The van der Waals surface area contributed by atoms with Gasteiger partial charge in [-0.2, -0.15) is 0 Å². The lowest BCUT2D eigenvalue weighted by Gasteiger charge is -2.33. The Labute approximate surface area is 115 Å². The Morgan fingerprint density at radius 1 is 1.28 bits per heavy atom. The highest BCUT2D eigenvalue weighted by molar-refractivity contribution is 4.99. The van der Waals surface area contributed by atoms with Gasteiger partial charge in [0.25, 0.3) is 0 Å². The summed E-state index contributed by atoms with van der Waals surface area (Å²) in [5.74, 6) is 0.769. The Morgan fingerprint density at radius 2 is 1.94 bits per heavy atom. The van der Waals surface area contributed by atoms with Crippen LogP contribution in [0.15, 0.2) is 12.2 Å². The maximum absolute atomic E-state index is 4.12. The topological polar surface area (TPSA) is 12.0 Å². The maximum Gasteiger partial charge on any atom is 0.00753 e. The largest absolute Gasteiger partial charge is 0.311 e. The summed E-state index contributed by atoms with van der Waals surface area (Å²) >= 11 is 0. The van der Waals surface area contributed by atoms with E-state index in [1.807, 2.05) is 13.8 Å². The van der Waals surface area contributed by atoms with E-state index in [0.29, 0.717) is 0 Å². The smallest absolute Gasteiger partial charge is 0.00753 e. The molecule has 0 amide bonds. The Morgan fingerprint density at radius 3 is 2.44 bits per heavy atom. The van der Waals surface area contributed by atoms with Crippen LogP contribution in [0, 0.1) is 5.92 Å². The molecule has 1 aliphatic rings. The van der Waals surface area contributed by atoms with Crippen LogP contribution in [0.1, 0.15) is 79.6 Å². The zero-order chi connectivity index (χ0) is 14.0. The fourth-order valence-electron chi connectivity index (χ4n) is 2.88. The second kappa shape index (κ2) is 10.6. The van der Waals surface area contributed by atoms with Crippen molar-refractivity contribution in [2.75, 3.05) is 0 Å². The lowest BCUT2D eigenvalue weighted by Crippen LogP contribution is -2.41. The van der Waals surface area contributed by atoms with E-state index in [1.165, 1.54) is 50.5 Å². The van der Waals surface area contributed by atoms with Gasteiger partial charge in [-0.05, 0) is 44.9 Å². The summed E-state index contributed by atoms with van der Waals surface area (Å²) in [7, 11) is 0. The van der Waals surface area contributed by atoms with Gasteiger partial charge < -0.3 is 5.32 Å². The summed E-state index contributed by atoms with van der Waals surface area (Å²) in [6, 6.07) is 1.48. The first-order valence-electron chi connectivity index (χ1n) is 8.08. The first-order valence-corrected chi connectivity index (χ1v) is 8.08. The third-order valence-electron chi connectivity index (χ3n) is 3.97. The summed E-state index contributed by atoms with van der Waals surface area (Å²) in [4.78, 5) is 0. The lowest BCUT2D eigenvalue weighted by atomic mass is 9.81. The maximum atomic E-state index is 4.12. The average Bonchev–Trinajstić information content (AvgIpc) is 2.41. The number of hydrogen-bond donors (Lipinski definition) is 1. The summed E-state index contributed by atoms with van der Waals surface area (Å²) in [6.07, 6.45) is 9.30. The van der Waals surface area contributed by atoms with Gasteiger partial charge in [0.1, 0.15) is 0 Å². The molecule has 0 saturated heterocycles. The molecule has 1 rings (SSSR count). The molecule has 1 saturated carbocycles. The van der Waals surface area contributed by atoms with Crippen LogP contribution < -0.4 is 5.32 Å². The predicted molar refractivity (Wildman–Crippen MR) is 84.0 cm³/mol. The highest BCUT2D eigenvalue weighted by atomic mass is 14.9. The fourth-order valence-corrected chi connectivity index (χ4v) is 2.88. The SMILES string of the molecule is C=C(C)C1CCCC(NC(CC)CCC)C1.CC. The molecule has 1 heteroatoms. The molecular weight excluding hydrogens is 218 g/mol. The van der Waals surface area contributed by atoms with E-state index in [-0.39, 0.29) is 0 Å². The molecule has 0 aromatic carbocycles. The van der Waals surface area contributed by atoms with Gasteiger partial charge in [-0.25, -0.2) is 0 Å². The molecule has 1 fully saturated rings. The summed E-state index contributed by atoms with van der Waals surface area (Å²) in [5, 5.41) is 3.85. The van der Waals surface area contributed by atoms with E-state index in [2.05, 4.69) is 32.7 Å². The Hall–Kier alpha value is -0.300. The lowest BCUT2D eigenvalue weighted by molar-refractivity contribution is 0.281. The second-order valence-corrected chi connectivity index (χ2v) is 5.47. The van der Waals surface area contributed by atoms with E-state index in [1.54, 1.807) is 0 Å². The molecule has 0 heterocycles. The Balaban J connectivity index is 0.00000137. The third kappa shape index (κ3) is 6.58. The molecule has 0 bridgehead atoms. The van der Waals surface area contributed by atoms with Crippen LogP contribution in [-0.2, 0) is 0 Å². The number of nitrogens with one attached hydrogen (secondary N) is 1. The van der Waals surface area contributed by atoms with E-state index < -0.39 is 0 Å². The molecule has 18 heavy (non-hydrogen) atoms. The van der Waals surface area contributed by atoms with Crippen molar-refractivity contribution in [1.82, 2.24) is 5.32 Å². The molecule has 3 unspecified atom stereocenters. The molecule has 1 N–H and O–H groups in total. The standard InChI is InChI=1S/C15H29N.C2H6/c1-5-8-14(6-2)16-15-10-7-9-13(11-15)12(3)4;1-2/h13-16H,3,5-11H2,1-2,4H3;1-2H3. The summed E-state index contributed by atoms with van der Waals surface area (Å²) in [5.41, 5.74) is 1.38. The van der Waals surface area contributed by atoms with Crippen LogP contribution in [-0.4, -0.2) is 12.1 Å². The fraction of sp³-hybridized carbons (Fsp3) is 0.882. The summed E-state index contributed by atoms with van der Waals surface area (Å²) in [6.45, 7) is 14.9. The normalized spacial score (nSPS) is 24.9. The van der Waals surface area contributed by atoms with Gasteiger partial charge in [0, 0.05) is 12.1 Å². The molecule has 0 aliphatic heterocycles. The quantitative estimate of drug-likeness (QED) is 0.632. The van der Waals surface area contributed by atoms with Crippen molar-refractivity contribution in [3.8, 4) is 0 Å². The van der Waals surface area contributed by atoms with E-state index in [0.717, 1.165) is 18.0 Å². The van der Waals surface area contributed by atoms with Crippen LogP contribution in [0.2, 0.25) is 0 Å². The minimum absolute atomic E-state index is 0.735. The minimum Gasteiger partial charge on any atom is -0.311 e. The summed E-state index contributed by atoms with van der Waals surface area (Å²) < 4.78 is 0. The predicted octanol–water partition coefficient (Wildman–Crippen LogP) is 5.32. The van der Waals surface area contributed by atoms with Crippen LogP contribution in [0.5, 0.6) is 0 Å². The van der Waals surface area contributed by atoms with Crippen LogP contribution in [0.3, 0.4) is 0 Å². The van der Waals surface area contributed by atoms with Gasteiger partial charge in [0.15, 0.2) is 0 Å². The minimum atomic E-state index is 0.735. The van der Waals surface area contributed by atoms with Crippen molar-refractivity contribution in [3.05, 3.63) is 12.2 Å². The van der Waals surface area contributed by atoms with Crippen molar-refractivity contribution in [1.29, 1.82) is 0 Å². The molecule has 108 valence electrons. The third-order valence-corrected chi connectivity index (χ3v) is 3.97. The monoisotopic (exact) mass is 253 g/mol. The second-order valence-electron chi connectivity index (χ2n) is 5.47. The first-order chi connectivity index (χ1) is 8.67. The molecular formula is C17H35N. The van der Waals surface area contributed by atoms with Crippen molar-refractivity contribution in [2.45, 2.75) is 91.6 Å².